The van der Waals surface area contributed by atoms with Gasteiger partial charge in [0.1, 0.15) is 11.5 Å². The van der Waals surface area contributed by atoms with Crippen LogP contribution in [-0.2, 0) is 16.2 Å². The molecule has 0 saturated carbocycles. The number of rotatable bonds is 11. The molecule has 4 aromatic heterocycles. The minimum absolute atomic E-state index is 0.0801. The standard InChI is InChI=1S/C61H56F6N2O4S2/c1-31-13-17-41-35(23-31)36-24-32(59(2,3)4)14-18-42(36)68(41)45-29-74-57(55(45)70)49-47(27-39(62)51(64)53(49)66)72-21-11-12-22-73-48-28-40(63)52(65)54(67)50(48)58-56(71)46(30-75-58)69-43-19-15-33(60(5,6)7)25-37(43)38-26-34(61(8,9)10)16-20-44(38)69/h13-20,23-30,70-71H,11-12,21-22H2,1-10H3. The minimum Gasteiger partial charge on any atom is -0.504 e. The molecule has 0 aliphatic carbocycles. The highest BCUT2D eigenvalue weighted by Crippen LogP contribution is 2.51. The number of aromatic hydroxyl groups is 2. The van der Waals surface area contributed by atoms with Crippen LogP contribution in [0.4, 0.5) is 26.3 Å². The van der Waals surface area contributed by atoms with Crippen LogP contribution < -0.4 is 9.47 Å². The number of benzene rings is 6. The fourth-order valence-corrected chi connectivity index (χ4v) is 11.7. The molecular weight excluding hydrogens is 1000 g/mol. The van der Waals surface area contributed by atoms with E-state index in [9.17, 15) is 19.0 Å². The van der Waals surface area contributed by atoms with Crippen molar-refractivity contribution in [2.75, 3.05) is 13.2 Å². The van der Waals surface area contributed by atoms with Gasteiger partial charge in [-0.2, -0.15) is 0 Å². The number of hydrogen-bond donors (Lipinski definition) is 2. The van der Waals surface area contributed by atoms with E-state index in [1.165, 1.54) is 0 Å². The highest BCUT2D eigenvalue weighted by molar-refractivity contribution is 7.14. The lowest BCUT2D eigenvalue weighted by Crippen LogP contribution is -2.10. The van der Waals surface area contributed by atoms with E-state index >= 15 is 17.6 Å². The van der Waals surface area contributed by atoms with E-state index in [1.807, 2.05) is 64.6 Å². The van der Waals surface area contributed by atoms with E-state index < -0.39 is 46.0 Å². The van der Waals surface area contributed by atoms with Gasteiger partial charge < -0.3 is 28.8 Å². The van der Waals surface area contributed by atoms with Crippen molar-refractivity contribution in [1.29, 1.82) is 0 Å². The van der Waals surface area contributed by atoms with Crippen LogP contribution in [-0.4, -0.2) is 32.6 Å². The molecule has 4 heterocycles. The van der Waals surface area contributed by atoms with Crippen molar-refractivity contribution in [2.24, 2.45) is 0 Å². The largest absolute Gasteiger partial charge is 0.504 e. The van der Waals surface area contributed by atoms with Crippen LogP contribution in [0.3, 0.4) is 0 Å². The molecule has 2 N–H and O–H groups in total. The maximum absolute atomic E-state index is 16.0. The molecule has 10 rings (SSSR count). The third-order valence-corrected chi connectivity index (χ3v) is 16.0. The number of hydrogen-bond acceptors (Lipinski definition) is 6. The molecule has 0 fully saturated rings. The van der Waals surface area contributed by atoms with Gasteiger partial charge in [-0.25, -0.2) is 26.3 Å². The summed E-state index contributed by atoms with van der Waals surface area (Å²) in [5.41, 5.74) is 6.73. The molecular formula is C61H56F6N2O4S2. The van der Waals surface area contributed by atoms with E-state index in [2.05, 4.69) is 86.6 Å². The van der Waals surface area contributed by atoms with Gasteiger partial charge in [0.15, 0.2) is 46.4 Å². The summed E-state index contributed by atoms with van der Waals surface area (Å²) in [7, 11) is 0. The van der Waals surface area contributed by atoms with E-state index in [-0.39, 0.29) is 75.1 Å². The van der Waals surface area contributed by atoms with Gasteiger partial charge in [-0.05, 0) is 101 Å². The quantitative estimate of drug-likeness (QED) is 0.0769. The number of aryl methyl sites for hydroxylation is 1. The normalized spacial score (nSPS) is 12.6. The smallest absolute Gasteiger partial charge is 0.195 e. The molecule has 0 aliphatic rings. The van der Waals surface area contributed by atoms with E-state index in [4.69, 9.17) is 9.47 Å². The maximum Gasteiger partial charge on any atom is 0.195 e. The van der Waals surface area contributed by atoms with Crippen molar-refractivity contribution in [3.05, 3.63) is 153 Å². The van der Waals surface area contributed by atoms with Gasteiger partial charge >= 0.3 is 0 Å². The second kappa shape index (κ2) is 18.7. The third kappa shape index (κ3) is 8.97. The minimum atomic E-state index is -1.74. The molecule has 0 amide bonds. The first-order valence-corrected chi connectivity index (χ1v) is 26.5. The summed E-state index contributed by atoms with van der Waals surface area (Å²) in [6.07, 6.45) is 0.326. The van der Waals surface area contributed by atoms with Crippen molar-refractivity contribution in [3.63, 3.8) is 0 Å². The Kier molecular flexibility index (Phi) is 12.9. The summed E-state index contributed by atoms with van der Waals surface area (Å²) in [6.45, 7) is 20.8. The molecule has 0 aliphatic heterocycles. The van der Waals surface area contributed by atoms with Crippen molar-refractivity contribution in [3.8, 4) is 55.3 Å². The molecule has 75 heavy (non-hydrogen) atoms. The van der Waals surface area contributed by atoms with Crippen LogP contribution in [0.1, 0.15) is 97.4 Å². The fraction of sp³-hybridized carbons (Fsp3) is 0.279. The van der Waals surface area contributed by atoms with Crippen LogP contribution in [0.5, 0.6) is 23.0 Å². The fourth-order valence-electron chi connectivity index (χ4n) is 9.80. The predicted octanol–water partition coefficient (Wildman–Crippen LogP) is 18.0. The highest BCUT2D eigenvalue weighted by atomic mass is 32.1. The summed E-state index contributed by atoms with van der Waals surface area (Å²) in [5.74, 6) is -11.0. The van der Waals surface area contributed by atoms with E-state index in [0.29, 0.717) is 11.4 Å². The molecule has 0 spiro atoms. The lowest BCUT2D eigenvalue weighted by Gasteiger charge is -2.19. The topological polar surface area (TPSA) is 68.8 Å². The van der Waals surface area contributed by atoms with E-state index in [0.717, 1.165) is 101 Å². The molecule has 0 atom stereocenters. The Labute approximate surface area is 439 Å². The molecule has 0 unspecified atom stereocenters. The number of ether oxygens (including phenoxy) is 2. The molecule has 0 bridgehead atoms. The number of nitrogens with zero attached hydrogens (tertiary/aromatic N) is 2. The van der Waals surface area contributed by atoms with Gasteiger partial charge in [0.05, 0.1) is 67.5 Å². The Bertz CT molecular complexity index is 3850. The second-order valence-electron chi connectivity index (χ2n) is 22.4. The van der Waals surface area contributed by atoms with Crippen molar-refractivity contribution in [2.45, 2.75) is 98.3 Å². The Morgan fingerprint density at radius 2 is 0.787 bits per heavy atom. The first-order chi connectivity index (χ1) is 35.3. The summed E-state index contributed by atoms with van der Waals surface area (Å²) < 4.78 is 108. The molecule has 0 radical (unpaired) electrons. The first kappa shape index (κ1) is 51.6. The number of fused-ring (bicyclic) bond motifs is 6. The summed E-state index contributed by atoms with van der Waals surface area (Å²) in [5, 5.41) is 31.0. The van der Waals surface area contributed by atoms with Gasteiger partial charge in [0.2, 0.25) is 0 Å². The summed E-state index contributed by atoms with van der Waals surface area (Å²) in [6, 6.07) is 25.9. The lowest BCUT2D eigenvalue weighted by atomic mass is 9.85. The van der Waals surface area contributed by atoms with Crippen LogP contribution in [0, 0.1) is 41.8 Å². The average molecular weight is 1060 g/mol. The third-order valence-electron chi connectivity index (χ3n) is 14.0. The number of unbranched alkanes of at least 4 members (excludes halogenated alkanes) is 1. The molecule has 10 aromatic rings. The van der Waals surface area contributed by atoms with Gasteiger partial charge in [-0.15, -0.1) is 22.7 Å². The molecule has 14 heteroatoms. The van der Waals surface area contributed by atoms with Crippen molar-refractivity contribution >= 4 is 66.3 Å². The number of thiophene rings is 2. The first-order valence-electron chi connectivity index (χ1n) is 24.7. The Hall–Kier alpha value is -6.90. The number of halogens is 6. The van der Waals surface area contributed by atoms with Crippen molar-refractivity contribution in [1.82, 2.24) is 9.13 Å². The Balaban J connectivity index is 0.913. The van der Waals surface area contributed by atoms with Gasteiger partial charge in [-0.1, -0.05) is 92.1 Å². The van der Waals surface area contributed by atoms with Gasteiger partial charge in [0, 0.05) is 44.4 Å². The molecule has 388 valence electrons. The zero-order chi connectivity index (χ0) is 53.8. The predicted molar refractivity (Wildman–Crippen MR) is 292 cm³/mol. The average Bonchev–Trinajstić information content (AvgIpc) is 4.09. The van der Waals surface area contributed by atoms with Gasteiger partial charge in [0.25, 0.3) is 0 Å². The molecule has 0 saturated heterocycles. The maximum atomic E-state index is 16.0. The van der Waals surface area contributed by atoms with Crippen LogP contribution in [0.15, 0.2) is 95.7 Å². The highest BCUT2D eigenvalue weighted by Gasteiger charge is 2.31. The zero-order valence-corrected chi connectivity index (χ0v) is 44.9. The molecule has 6 aromatic carbocycles. The lowest BCUT2D eigenvalue weighted by molar-refractivity contribution is 0.263. The SMILES string of the molecule is Cc1ccc2c(c1)c1cc(C(C)(C)C)ccc1n2-c1csc(-c2c(OCCCCOc3cc(F)c(F)c(F)c3-c3scc(-n4c5ccc(C(C)(C)C)cc5c5cc(C(C)(C)C)ccc54)c3O)cc(F)c(F)c2F)c1O. The Morgan fingerprint density at radius 3 is 1.13 bits per heavy atom. The summed E-state index contributed by atoms with van der Waals surface area (Å²) in [4.78, 5) is -0.160. The monoisotopic (exact) mass is 1060 g/mol. The number of aromatic nitrogens is 2. The second-order valence-corrected chi connectivity index (χ2v) is 24.1. The van der Waals surface area contributed by atoms with Crippen LogP contribution in [0.2, 0.25) is 0 Å². The molecule has 6 nitrogen and oxygen atoms in total. The zero-order valence-electron chi connectivity index (χ0n) is 43.3. The van der Waals surface area contributed by atoms with Gasteiger partial charge in [-0.3, -0.25) is 0 Å². The summed E-state index contributed by atoms with van der Waals surface area (Å²) >= 11 is 1.89. The van der Waals surface area contributed by atoms with Crippen molar-refractivity contribution < 1.29 is 46.0 Å². The van der Waals surface area contributed by atoms with Crippen LogP contribution in [0.25, 0.3) is 75.9 Å². The van der Waals surface area contributed by atoms with E-state index in [1.54, 1.807) is 10.8 Å². The van der Waals surface area contributed by atoms with Crippen LogP contribution >= 0.6 is 22.7 Å². The Morgan fingerprint density at radius 1 is 0.453 bits per heavy atom.